The van der Waals surface area contributed by atoms with Crippen LogP contribution in [0.15, 0.2) is 24.3 Å². The van der Waals surface area contributed by atoms with Crippen molar-refractivity contribution in [2.45, 2.75) is 32.7 Å². The molecule has 2 rings (SSSR count). The van der Waals surface area contributed by atoms with E-state index >= 15 is 0 Å². The lowest BCUT2D eigenvalue weighted by Gasteiger charge is -2.20. The monoisotopic (exact) mass is 219 g/mol. The highest BCUT2D eigenvalue weighted by Crippen LogP contribution is 2.20. The van der Waals surface area contributed by atoms with Crippen molar-refractivity contribution in [2.24, 2.45) is 5.92 Å². The number of benzene rings is 1. The van der Waals surface area contributed by atoms with Crippen LogP contribution in [0.25, 0.3) is 0 Å². The molecule has 1 aromatic carbocycles. The first-order valence-electron chi connectivity index (χ1n) is 6.23. The molecule has 1 saturated heterocycles. The maximum absolute atomic E-state index is 5.42. The number of ether oxygens (including phenoxy) is 1. The molecule has 2 nitrogen and oxygen atoms in total. The molecular weight excluding hydrogens is 198 g/mol. The SMILES string of the molecule is CCc1cccc(NC(C)C2CCOC2)c1. The Hall–Kier alpha value is -1.02. The molecule has 2 atom stereocenters. The van der Waals surface area contributed by atoms with Crippen LogP contribution in [0, 0.1) is 5.92 Å². The Bertz CT molecular complexity index is 331. The molecule has 1 aliphatic heterocycles. The minimum Gasteiger partial charge on any atom is -0.382 e. The molecule has 1 fully saturated rings. The number of rotatable bonds is 4. The minimum atomic E-state index is 0.495. The van der Waals surface area contributed by atoms with E-state index in [-0.39, 0.29) is 0 Å². The second-order valence-corrected chi connectivity index (χ2v) is 4.61. The summed E-state index contributed by atoms with van der Waals surface area (Å²) < 4.78 is 5.42. The van der Waals surface area contributed by atoms with Crippen molar-refractivity contribution in [1.29, 1.82) is 0 Å². The van der Waals surface area contributed by atoms with E-state index in [0.29, 0.717) is 12.0 Å². The Morgan fingerprint density at radius 2 is 2.38 bits per heavy atom. The van der Waals surface area contributed by atoms with Gasteiger partial charge in [0, 0.05) is 24.3 Å². The van der Waals surface area contributed by atoms with Crippen LogP contribution < -0.4 is 5.32 Å². The van der Waals surface area contributed by atoms with Gasteiger partial charge in [-0.15, -0.1) is 0 Å². The smallest absolute Gasteiger partial charge is 0.0514 e. The second-order valence-electron chi connectivity index (χ2n) is 4.61. The van der Waals surface area contributed by atoms with Crippen LogP contribution in [-0.4, -0.2) is 19.3 Å². The molecule has 2 unspecified atom stereocenters. The predicted molar refractivity (Wildman–Crippen MR) is 67.8 cm³/mol. The predicted octanol–water partition coefficient (Wildman–Crippen LogP) is 3.09. The average molecular weight is 219 g/mol. The summed E-state index contributed by atoms with van der Waals surface area (Å²) in [5, 5.41) is 3.58. The molecule has 0 spiro atoms. The van der Waals surface area contributed by atoms with Gasteiger partial charge in [-0.1, -0.05) is 19.1 Å². The molecule has 0 radical (unpaired) electrons. The van der Waals surface area contributed by atoms with Crippen molar-refractivity contribution in [2.75, 3.05) is 18.5 Å². The summed E-state index contributed by atoms with van der Waals surface area (Å²) in [7, 11) is 0. The zero-order valence-corrected chi connectivity index (χ0v) is 10.2. The third kappa shape index (κ3) is 2.76. The van der Waals surface area contributed by atoms with Gasteiger partial charge in [-0.25, -0.2) is 0 Å². The fourth-order valence-corrected chi connectivity index (χ4v) is 2.21. The minimum absolute atomic E-state index is 0.495. The van der Waals surface area contributed by atoms with Crippen LogP contribution >= 0.6 is 0 Å². The fraction of sp³-hybridized carbons (Fsp3) is 0.571. The van der Waals surface area contributed by atoms with Gasteiger partial charge in [0.25, 0.3) is 0 Å². The zero-order chi connectivity index (χ0) is 11.4. The van der Waals surface area contributed by atoms with Crippen LogP contribution in [0.2, 0.25) is 0 Å². The molecule has 88 valence electrons. The summed E-state index contributed by atoms with van der Waals surface area (Å²) in [5.74, 6) is 0.658. The first-order chi connectivity index (χ1) is 7.79. The van der Waals surface area contributed by atoms with E-state index in [1.54, 1.807) is 0 Å². The van der Waals surface area contributed by atoms with Crippen molar-refractivity contribution in [3.8, 4) is 0 Å². The molecule has 1 N–H and O–H groups in total. The topological polar surface area (TPSA) is 21.3 Å². The zero-order valence-electron chi connectivity index (χ0n) is 10.2. The molecule has 0 aromatic heterocycles. The summed E-state index contributed by atoms with van der Waals surface area (Å²) in [6.07, 6.45) is 2.28. The molecule has 16 heavy (non-hydrogen) atoms. The van der Waals surface area contributed by atoms with Gasteiger partial charge in [0.2, 0.25) is 0 Å². The van der Waals surface area contributed by atoms with Crippen molar-refractivity contribution in [1.82, 2.24) is 0 Å². The van der Waals surface area contributed by atoms with E-state index in [9.17, 15) is 0 Å². The lowest BCUT2D eigenvalue weighted by molar-refractivity contribution is 0.183. The number of hydrogen-bond acceptors (Lipinski definition) is 2. The number of nitrogens with one attached hydrogen (secondary N) is 1. The Labute approximate surface area is 98.0 Å². The molecule has 1 aliphatic rings. The Morgan fingerprint density at radius 3 is 3.06 bits per heavy atom. The second kappa shape index (κ2) is 5.35. The number of hydrogen-bond donors (Lipinski definition) is 1. The normalized spacial score (nSPS) is 22.0. The van der Waals surface area contributed by atoms with Crippen molar-refractivity contribution in [3.05, 3.63) is 29.8 Å². The molecule has 1 heterocycles. The quantitative estimate of drug-likeness (QED) is 0.840. The van der Waals surface area contributed by atoms with Gasteiger partial charge in [0.05, 0.1) is 6.61 Å². The van der Waals surface area contributed by atoms with Crippen LogP contribution in [0.3, 0.4) is 0 Å². The highest BCUT2D eigenvalue weighted by Gasteiger charge is 2.21. The summed E-state index contributed by atoms with van der Waals surface area (Å²) in [4.78, 5) is 0. The van der Waals surface area contributed by atoms with Crippen molar-refractivity contribution in [3.63, 3.8) is 0 Å². The van der Waals surface area contributed by atoms with E-state index in [0.717, 1.165) is 19.6 Å². The van der Waals surface area contributed by atoms with Gasteiger partial charge >= 0.3 is 0 Å². The van der Waals surface area contributed by atoms with Gasteiger partial charge in [-0.05, 0) is 37.5 Å². The Morgan fingerprint density at radius 1 is 1.50 bits per heavy atom. The number of aryl methyl sites for hydroxylation is 1. The maximum atomic E-state index is 5.42. The Kier molecular flexibility index (Phi) is 3.83. The molecule has 1 aromatic rings. The van der Waals surface area contributed by atoms with E-state index in [1.807, 2.05) is 0 Å². The molecule has 2 heteroatoms. The van der Waals surface area contributed by atoms with E-state index in [4.69, 9.17) is 4.74 Å². The van der Waals surface area contributed by atoms with E-state index in [1.165, 1.54) is 17.7 Å². The van der Waals surface area contributed by atoms with E-state index in [2.05, 4.69) is 43.4 Å². The molecule has 0 amide bonds. The van der Waals surface area contributed by atoms with Crippen LogP contribution in [0.4, 0.5) is 5.69 Å². The van der Waals surface area contributed by atoms with Crippen molar-refractivity contribution >= 4 is 5.69 Å². The lowest BCUT2D eigenvalue weighted by atomic mass is 10.0. The fourth-order valence-electron chi connectivity index (χ4n) is 2.21. The highest BCUT2D eigenvalue weighted by atomic mass is 16.5. The highest BCUT2D eigenvalue weighted by molar-refractivity contribution is 5.46. The molecule has 0 bridgehead atoms. The third-order valence-electron chi connectivity index (χ3n) is 3.40. The van der Waals surface area contributed by atoms with Gasteiger partial charge in [0.15, 0.2) is 0 Å². The summed E-state index contributed by atoms with van der Waals surface area (Å²) in [6.45, 7) is 6.26. The average Bonchev–Trinajstić information content (AvgIpc) is 2.83. The van der Waals surface area contributed by atoms with Crippen LogP contribution in [0.1, 0.15) is 25.8 Å². The van der Waals surface area contributed by atoms with Crippen molar-refractivity contribution < 1.29 is 4.74 Å². The number of anilines is 1. The van der Waals surface area contributed by atoms with Crippen LogP contribution in [-0.2, 0) is 11.2 Å². The summed E-state index contributed by atoms with van der Waals surface area (Å²) in [6, 6.07) is 9.18. The maximum Gasteiger partial charge on any atom is 0.0514 e. The third-order valence-corrected chi connectivity index (χ3v) is 3.40. The molecule has 0 saturated carbocycles. The van der Waals surface area contributed by atoms with Gasteiger partial charge in [-0.3, -0.25) is 0 Å². The van der Waals surface area contributed by atoms with Gasteiger partial charge < -0.3 is 10.1 Å². The standard InChI is InChI=1S/C14H21NO/c1-3-12-5-4-6-14(9-12)15-11(2)13-7-8-16-10-13/h4-6,9,11,13,15H,3,7-8,10H2,1-2H3. The first kappa shape index (κ1) is 11.5. The largest absolute Gasteiger partial charge is 0.382 e. The lowest BCUT2D eigenvalue weighted by Crippen LogP contribution is -2.26. The van der Waals surface area contributed by atoms with E-state index < -0.39 is 0 Å². The van der Waals surface area contributed by atoms with Gasteiger partial charge in [0.1, 0.15) is 0 Å². The molecule has 0 aliphatic carbocycles. The first-order valence-corrected chi connectivity index (χ1v) is 6.23. The molecular formula is C14H21NO. The van der Waals surface area contributed by atoms with Crippen LogP contribution in [0.5, 0.6) is 0 Å². The Balaban J connectivity index is 1.96. The summed E-state index contributed by atoms with van der Waals surface area (Å²) in [5.41, 5.74) is 2.62. The summed E-state index contributed by atoms with van der Waals surface area (Å²) >= 11 is 0. The van der Waals surface area contributed by atoms with Gasteiger partial charge in [-0.2, -0.15) is 0 Å².